The summed E-state index contributed by atoms with van der Waals surface area (Å²) in [4.78, 5) is 18.0. The van der Waals surface area contributed by atoms with Crippen LogP contribution >= 0.6 is 22.7 Å². The van der Waals surface area contributed by atoms with Crippen molar-refractivity contribution in [2.75, 3.05) is 22.9 Å². The van der Waals surface area contributed by atoms with Gasteiger partial charge in [-0.05, 0) is 29.1 Å². The summed E-state index contributed by atoms with van der Waals surface area (Å²) in [5, 5.41) is 7.15. The maximum absolute atomic E-state index is 12.8. The highest BCUT2D eigenvalue weighted by Gasteiger charge is 2.17. The number of thiophene rings is 1. The normalized spacial score (nSPS) is 11.3. The zero-order chi connectivity index (χ0) is 22.0. The van der Waals surface area contributed by atoms with Crippen molar-refractivity contribution in [3.8, 4) is 22.4 Å². The predicted octanol–water partition coefficient (Wildman–Crippen LogP) is 5.19. The van der Waals surface area contributed by atoms with Gasteiger partial charge in [-0.25, -0.2) is 13.4 Å². The summed E-state index contributed by atoms with van der Waals surface area (Å²) < 4.78 is 24.6. The van der Waals surface area contributed by atoms with Crippen LogP contribution in [-0.4, -0.2) is 32.6 Å². The fraction of sp³-hybridized carbons (Fsp3) is 0.0909. The molecule has 0 aliphatic carbocycles. The van der Waals surface area contributed by atoms with E-state index in [-0.39, 0.29) is 5.91 Å². The second-order valence-corrected chi connectivity index (χ2v) is 10.6. The van der Waals surface area contributed by atoms with Gasteiger partial charge in [-0.1, -0.05) is 42.5 Å². The molecule has 0 aliphatic rings. The Hall–Kier alpha value is -3.01. The molecule has 158 valence electrons. The SMILES string of the molecule is CN(c1ccc(-c2csc(NC(=O)c3sccc3-c3ccccc3)n2)cc1)S(C)(=O)=O. The monoisotopic (exact) mass is 469 g/mol. The van der Waals surface area contributed by atoms with E-state index in [0.717, 1.165) is 22.9 Å². The molecule has 0 fully saturated rings. The number of anilines is 2. The summed E-state index contributed by atoms with van der Waals surface area (Å²) >= 11 is 2.73. The molecule has 0 radical (unpaired) electrons. The van der Waals surface area contributed by atoms with Crippen molar-refractivity contribution in [3.63, 3.8) is 0 Å². The van der Waals surface area contributed by atoms with Crippen molar-refractivity contribution in [2.24, 2.45) is 0 Å². The molecule has 31 heavy (non-hydrogen) atoms. The minimum absolute atomic E-state index is 0.195. The topological polar surface area (TPSA) is 79.4 Å². The van der Waals surface area contributed by atoms with Crippen LogP contribution in [0.15, 0.2) is 71.4 Å². The quantitative estimate of drug-likeness (QED) is 0.422. The molecule has 2 aromatic carbocycles. The number of carbonyl (C=O) groups excluding carboxylic acids is 1. The van der Waals surface area contributed by atoms with Crippen LogP contribution in [0.5, 0.6) is 0 Å². The minimum atomic E-state index is -3.31. The zero-order valence-electron chi connectivity index (χ0n) is 16.8. The number of carbonyl (C=O) groups is 1. The highest BCUT2D eigenvalue weighted by atomic mass is 32.2. The number of amides is 1. The van der Waals surface area contributed by atoms with E-state index in [0.29, 0.717) is 21.4 Å². The predicted molar refractivity (Wildman–Crippen MR) is 129 cm³/mol. The van der Waals surface area contributed by atoms with E-state index >= 15 is 0 Å². The molecule has 0 saturated carbocycles. The Kier molecular flexibility index (Phi) is 5.90. The second kappa shape index (κ2) is 8.62. The second-order valence-electron chi connectivity index (χ2n) is 6.80. The first-order valence-corrected chi connectivity index (χ1v) is 12.9. The Balaban J connectivity index is 1.50. The minimum Gasteiger partial charge on any atom is -0.297 e. The number of hydrogen-bond acceptors (Lipinski definition) is 6. The van der Waals surface area contributed by atoms with E-state index in [9.17, 15) is 13.2 Å². The van der Waals surface area contributed by atoms with E-state index in [4.69, 9.17) is 0 Å². The van der Waals surface area contributed by atoms with Gasteiger partial charge in [0, 0.05) is 23.6 Å². The van der Waals surface area contributed by atoms with Gasteiger partial charge in [-0.3, -0.25) is 14.4 Å². The lowest BCUT2D eigenvalue weighted by atomic mass is 10.1. The van der Waals surface area contributed by atoms with Gasteiger partial charge in [0.2, 0.25) is 10.0 Å². The Morgan fingerprint density at radius 2 is 1.68 bits per heavy atom. The van der Waals surface area contributed by atoms with Crippen molar-refractivity contribution in [3.05, 3.63) is 76.3 Å². The molecule has 2 aromatic heterocycles. The number of sulfonamides is 1. The fourth-order valence-electron chi connectivity index (χ4n) is 2.98. The molecule has 4 rings (SSSR count). The number of hydrogen-bond donors (Lipinski definition) is 1. The summed E-state index contributed by atoms with van der Waals surface area (Å²) in [6.45, 7) is 0. The van der Waals surface area contributed by atoms with E-state index in [2.05, 4.69) is 10.3 Å². The summed E-state index contributed by atoms with van der Waals surface area (Å²) in [5.74, 6) is -0.195. The molecule has 4 aromatic rings. The summed E-state index contributed by atoms with van der Waals surface area (Å²) in [7, 11) is -1.81. The van der Waals surface area contributed by atoms with Crippen molar-refractivity contribution in [2.45, 2.75) is 0 Å². The Morgan fingerprint density at radius 3 is 2.35 bits per heavy atom. The molecule has 6 nitrogen and oxygen atoms in total. The zero-order valence-corrected chi connectivity index (χ0v) is 19.2. The Morgan fingerprint density at radius 1 is 0.968 bits per heavy atom. The van der Waals surface area contributed by atoms with E-state index in [1.165, 1.54) is 34.0 Å². The average Bonchev–Trinajstić information content (AvgIpc) is 3.43. The molecule has 0 atom stereocenters. The lowest BCUT2D eigenvalue weighted by Crippen LogP contribution is -2.24. The average molecular weight is 470 g/mol. The lowest BCUT2D eigenvalue weighted by molar-refractivity contribution is 0.103. The Labute approximate surface area is 188 Å². The van der Waals surface area contributed by atoms with E-state index < -0.39 is 10.0 Å². The molecule has 9 heteroatoms. The van der Waals surface area contributed by atoms with Crippen molar-refractivity contribution in [1.82, 2.24) is 4.98 Å². The maximum atomic E-state index is 12.8. The van der Waals surface area contributed by atoms with Gasteiger partial charge >= 0.3 is 0 Å². The molecule has 0 spiro atoms. The number of nitrogens with zero attached hydrogens (tertiary/aromatic N) is 2. The van der Waals surface area contributed by atoms with E-state index in [1.807, 2.05) is 59.3 Å². The molecule has 2 heterocycles. The first-order chi connectivity index (χ1) is 14.8. The van der Waals surface area contributed by atoms with Gasteiger partial charge in [-0.15, -0.1) is 22.7 Å². The van der Waals surface area contributed by atoms with Crippen LogP contribution in [-0.2, 0) is 10.0 Å². The molecular weight excluding hydrogens is 450 g/mol. The third kappa shape index (κ3) is 4.68. The van der Waals surface area contributed by atoms with Crippen LogP contribution in [0.1, 0.15) is 9.67 Å². The van der Waals surface area contributed by atoms with Gasteiger partial charge in [0.1, 0.15) is 4.88 Å². The molecule has 0 unspecified atom stereocenters. The van der Waals surface area contributed by atoms with Gasteiger partial charge in [0.25, 0.3) is 5.91 Å². The summed E-state index contributed by atoms with van der Waals surface area (Å²) in [6, 6.07) is 18.8. The largest absolute Gasteiger partial charge is 0.297 e. The molecule has 1 amide bonds. The highest BCUT2D eigenvalue weighted by molar-refractivity contribution is 7.92. The summed E-state index contributed by atoms with van der Waals surface area (Å²) in [5.41, 5.74) is 4.01. The maximum Gasteiger partial charge on any atom is 0.268 e. The van der Waals surface area contributed by atoms with Gasteiger partial charge in [0.05, 0.1) is 17.6 Å². The fourth-order valence-corrected chi connectivity index (χ4v) is 5.01. The van der Waals surface area contributed by atoms with Gasteiger partial charge in [-0.2, -0.15) is 0 Å². The van der Waals surface area contributed by atoms with Crippen molar-refractivity contribution < 1.29 is 13.2 Å². The van der Waals surface area contributed by atoms with Crippen LogP contribution in [0, 0.1) is 0 Å². The third-order valence-corrected chi connectivity index (χ3v) is 7.58. The molecule has 0 bridgehead atoms. The number of rotatable bonds is 6. The van der Waals surface area contributed by atoms with Crippen LogP contribution in [0.2, 0.25) is 0 Å². The number of nitrogens with one attached hydrogen (secondary N) is 1. The Bertz CT molecular complexity index is 1310. The van der Waals surface area contributed by atoms with Gasteiger partial charge < -0.3 is 0 Å². The highest BCUT2D eigenvalue weighted by Crippen LogP contribution is 2.31. The number of aromatic nitrogens is 1. The van der Waals surface area contributed by atoms with Crippen LogP contribution in [0.4, 0.5) is 10.8 Å². The molecule has 0 aliphatic heterocycles. The standard InChI is InChI=1S/C22H19N3O3S3/c1-25(31(2,27)28)17-10-8-16(9-11-17)19-14-30-22(23-19)24-21(26)20-18(12-13-29-20)15-6-4-3-5-7-15/h3-14H,1-2H3,(H,23,24,26). The first-order valence-electron chi connectivity index (χ1n) is 9.27. The number of benzene rings is 2. The molecular formula is C22H19N3O3S3. The van der Waals surface area contributed by atoms with Crippen molar-refractivity contribution in [1.29, 1.82) is 0 Å². The van der Waals surface area contributed by atoms with Crippen LogP contribution < -0.4 is 9.62 Å². The summed E-state index contributed by atoms with van der Waals surface area (Å²) in [6.07, 6.45) is 1.16. The third-order valence-electron chi connectivity index (χ3n) is 4.71. The van der Waals surface area contributed by atoms with Gasteiger partial charge in [0.15, 0.2) is 5.13 Å². The smallest absolute Gasteiger partial charge is 0.268 e. The molecule has 0 saturated heterocycles. The van der Waals surface area contributed by atoms with Crippen molar-refractivity contribution >= 4 is 49.4 Å². The van der Waals surface area contributed by atoms with Crippen LogP contribution in [0.25, 0.3) is 22.4 Å². The first kappa shape index (κ1) is 21.2. The molecule has 1 N–H and O–H groups in total. The van der Waals surface area contributed by atoms with Crippen LogP contribution in [0.3, 0.4) is 0 Å². The lowest BCUT2D eigenvalue weighted by Gasteiger charge is -2.16. The van der Waals surface area contributed by atoms with E-state index in [1.54, 1.807) is 12.1 Å². The number of thiazole rings is 1.